The van der Waals surface area contributed by atoms with Crippen LogP contribution < -0.4 is 15.6 Å². The van der Waals surface area contributed by atoms with E-state index in [9.17, 15) is 18.0 Å². The fourth-order valence-corrected chi connectivity index (χ4v) is 6.84. The molecule has 1 saturated heterocycles. The number of anilines is 2. The maximum Gasteiger partial charge on any atom is 0.416 e. The fraction of sp³-hybridized carbons (Fsp3) is 0.500. The minimum atomic E-state index is -4.59. The Morgan fingerprint density at radius 1 is 1.13 bits per heavy atom. The highest BCUT2D eigenvalue weighted by molar-refractivity contribution is 6.10. The van der Waals surface area contributed by atoms with Gasteiger partial charge in [-0.1, -0.05) is 13.8 Å². The van der Waals surface area contributed by atoms with Crippen LogP contribution in [0.2, 0.25) is 0 Å². The first-order valence-electron chi connectivity index (χ1n) is 15.5. The number of carbonyl (C=O) groups excluding carboxylic acids is 1. The van der Waals surface area contributed by atoms with Gasteiger partial charge in [0.05, 0.1) is 24.0 Å². The number of carbonyl (C=O) groups is 1. The number of aromatic nitrogens is 3. The van der Waals surface area contributed by atoms with Crippen molar-refractivity contribution in [2.24, 2.45) is 23.5 Å². The Kier molecular flexibility index (Phi) is 7.06. The smallest absolute Gasteiger partial charge is 0.370 e. The van der Waals surface area contributed by atoms with Crippen LogP contribution in [0, 0.1) is 11.3 Å². The summed E-state index contributed by atoms with van der Waals surface area (Å²) < 4.78 is 45.2. The van der Waals surface area contributed by atoms with Crippen LogP contribution in [0.3, 0.4) is 0 Å². The van der Waals surface area contributed by atoms with E-state index >= 15 is 0 Å². The number of halogens is 3. The molecule has 13 heteroatoms. The van der Waals surface area contributed by atoms with Crippen LogP contribution in [0.25, 0.3) is 11.3 Å². The van der Waals surface area contributed by atoms with Crippen molar-refractivity contribution in [2.75, 3.05) is 36.9 Å². The summed E-state index contributed by atoms with van der Waals surface area (Å²) >= 11 is 0. The second-order valence-corrected chi connectivity index (χ2v) is 13.4. The molecule has 2 N–H and O–H groups in total. The lowest BCUT2D eigenvalue weighted by atomic mass is 9.98. The molecule has 1 spiro atoms. The maximum absolute atomic E-state index is 14.5. The van der Waals surface area contributed by atoms with Crippen molar-refractivity contribution in [2.45, 2.75) is 58.5 Å². The predicted molar refractivity (Wildman–Crippen MR) is 165 cm³/mol. The lowest BCUT2D eigenvalue weighted by Crippen LogP contribution is -2.26. The molecule has 0 bridgehead atoms. The second-order valence-electron chi connectivity index (χ2n) is 13.4. The highest BCUT2D eigenvalue weighted by Gasteiger charge is 2.48. The van der Waals surface area contributed by atoms with E-state index in [2.05, 4.69) is 39.7 Å². The Hall–Kier alpha value is -4.13. The van der Waals surface area contributed by atoms with Crippen molar-refractivity contribution in [3.8, 4) is 11.3 Å². The molecule has 1 unspecified atom stereocenters. The fourth-order valence-electron chi connectivity index (χ4n) is 6.84. The summed E-state index contributed by atoms with van der Waals surface area (Å²) in [5.41, 5.74) is 5.68. The molecule has 1 aliphatic carbocycles. The van der Waals surface area contributed by atoms with Crippen LogP contribution in [-0.2, 0) is 26.3 Å². The molecule has 3 aromatic rings. The number of benzene rings is 1. The zero-order valence-electron chi connectivity index (χ0n) is 25.9. The normalized spacial score (nSPS) is 20.5. The average Bonchev–Trinajstić information content (AvgIpc) is 3.29. The standard InChI is InChI=1S/C32H38F3N9O/c1-19(2)13-36-26-11-21(28-23(14-38-42(28)4)29-40-37-18-41(29)3)12-27(39-26)44-16-24-22(30(44)45)9-20(10-25(24)32(33,34)35)15-43-8-7-31(17-43)5-6-31/h9-12,14,18-19,29,40H,5-8,13,15-17H2,1-4H3,(H,36,39). The number of aryl methyl sites for hydroxylation is 1. The first-order valence-corrected chi connectivity index (χ1v) is 15.5. The van der Waals surface area contributed by atoms with Gasteiger partial charge in [-0.3, -0.25) is 24.7 Å². The molecule has 10 nitrogen and oxygen atoms in total. The Bertz CT molecular complexity index is 1680. The molecule has 7 rings (SSSR count). The van der Waals surface area contributed by atoms with Gasteiger partial charge in [-0.15, -0.1) is 0 Å². The van der Waals surface area contributed by atoms with E-state index in [0.717, 1.165) is 36.3 Å². The molecule has 2 aromatic heterocycles. The van der Waals surface area contributed by atoms with E-state index in [1.54, 1.807) is 29.3 Å². The molecule has 4 aliphatic rings. The third-order valence-electron chi connectivity index (χ3n) is 9.45. The molecular weight excluding hydrogens is 583 g/mol. The van der Waals surface area contributed by atoms with Gasteiger partial charge in [0, 0.05) is 50.4 Å². The van der Waals surface area contributed by atoms with Gasteiger partial charge in [0.2, 0.25) is 0 Å². The van der Waals surface area contributed by atoms with Crippen molar-refractivity contribution in [3.63, 3.8) is 0 Å². The number of hydrogen-bond donors (Lipinski definition) is 2. The minimum Gasteiger partial charge on any atom is -0.370 e. The number of likely N-dealkylation sites (tertiary alicyclic amines) is 1. The minimum absolute atomic E-state index is 0.00428. The summed E-state index contributed by atoms with van der Waals surface area (Å²) in [5, 5.41) is 12.0. The van der Waals surface area contributed by atoms with E-state index in [0.29, 0.717) is 35.8 Å². The van der Waals surface area contributed by atoms with Crippen molar-refractivity contribution in [1.29, 1.82) is 0 Å². The molecule has 0 radical (unpaired) electrons. The molecule has 238 valence electrons. The summed E-state index contributed by atoms with van der Waals surface area (Å²) in [6.45, 7) is 6.74. The molecule has 2 fully saturated rings. The molecule has 1 aromatic carbocycles. The van der Waals surface area contributed by atoms with Gasteiger partial charge in [0.25, 0.3) is 5.91 Å². The number of nitrogens with one attached hydrogen (secondary N) is 2. The topological polar surface area (TPSA) is 93.9 Å². The number of fused-ring (bicyclic) bond motifs is 1. The van der Waals surface area contributed by atoms with Crippen LogP contribution in [0.5, 0.6) is 0 Å². The lowest BCUT2D eigenvalue weighted by molar-refractivity contribution is -0.138. The number of alkyl halides is 3. The number of amides is 1. The Balaban J connectivity index is 1.26. The Labute approximate surface area is 260 Å². The highest BCUT2D eigenvalue weighted by Crippen LogP contribution is 2.53. The summed E-state index contributed by atoms with van der Waals surface area (Å²) in [4.78, 5) is 24.2. The third kappa shape index (κ3) is 5.51. The summed E-state index contributed by atoms with van der Waals surface area (Å²) in [6, 6.07) is 6.54. The van der Waals surface area contributed by atoms with Gasteiger partial charge in [0.15, 0.2) is 0 Å². The molecule has 45 heavy (non-hydrogen) atoms. The number of hydrazone groups is 1. The maximum atomic E-state index is 14.5. The molecule has 1 atom stereocenters. The number of rotatable bonds is 8. The SMILES string of the molecule is CC(C)CNc1cc(-c2c(C3NN=CN3C)cnn2C)cc(N2Cc3c(cc(CN4CCC5(CC5)C4)cc3C(F)(F)F)C2=O)n1. The number of hydrogen-bond acceptors (Lipinski definition) is 8. The largest absolute Gasteiger partial charge is 0.416 e. The summed E-state index contributed by atoms with van der Waals surface area (Å²) in [6.07, 6.45) is 2.07. The zero-order chi connectivity index (χ0) is 31.7. The van der Waals surface area contributed by atoms with Crippen LogP contribution in [0.4, 0.5) is 24.8 Å². The average molecular weight is 622 g/mol. The van der Waals surface area contributed by atoms with Crippen LogP contribution in [0.15, 0.2) is 35.6 Å². The van der Waals surface area contributed by atoms with Crippen molar-refractivity contribution < 1.29 is 18.0 Å². The van der Waals surface area contributed by atoms with Crippen molar-refractivity contribution >= 4 is 23.9 Å². The molecule has 1 amide bonds. The number of pyridine rings is 1. The summed E-state index contributed by atoms with van der Waals surface area (Å²) in [7, 11) is 3.73. The zero-order valence-corrected chi connectivity index (χ0v) is 25.9. The van der Waals surface area contributed by atoms with Gasteiger partial charge in [0.1, 0.15) is 24.1 Å². The van der Waals surface area contributed by atoms with Crippen LogP contribution >= 0.6 is 0 Å². The molecule has 3 aliphatic heterocycles. The quantitative estimate of drug-likeness (QED) is 0.358. The highest BCUT2D eigenvalue weighted by atomic mass is 19.4. The predicted octanol–water partition coefficient (Wildman–Crippen LogP) is 5.19. The third-order valence-corrected chi connectivity index (χ3v) is 9.45. The second kappa shape index (κ2) is 10.7. The Morgan fingerprint density at radius 3 is 2.60 bits per heavy atom. The van der Waals surface area contributed by atoms with E-state index in [1.165, 1.54) is 23.8 Å². The van der Waals surface area contributed by atoms with Gasteiger partial charge in [-0.25, -0.2) is 4.98 Å². The van der Waals surface area contributed by atoms with Crippen molar-refractivity contribution in [3.05, 3.63) is 58.3 Å². The van der Waals surface area contributed by atoms with E-state index in [-0.39, 0.29) is 29.7 Å². The van der Waals surface area contributed by atoms with Crippen LogP contribution in [-0.4, -0.2) is 63.5 Å². The molecule has 1 saturated carbocycles. The van der Waals surface area contributed by atoms with Crippen LogP contribution in [0.1, 0.15) is 71.9 Å². The first-order chi connectivity index (χ1) is 21.4. The number of nitrogens with zero attached hydrogens (tertiary/aromatic N) is 7. The van der Waals surface area contributed by atoms with Gasteiger partial charge >= 0.3 is 6.18 Å². The lowest BCUT2D eigenvalue weighted by Gasteiger charge is -2.22. The van der Waals surface area contributed by atoms with Gasteiger partial charge < -0.3 is 10.2 Å². The molecular formula is C32H38F3N9O. The van der Waals surface area contributed by atoms with Gasteiger partial charge in [-0.05, 0) is 72.5 Å². The monoisotopic (exact) mass is 621 g/mol. The van der Waals surface area contributed by atoms with E-state index in [1.807, 2.05) is 25.1 Å². The van der Waals surface area contributed by atoms with E-state index in [4.69, 9.17) is 4.98 Å². The van der Waals surface area contributed by atoms with E-state index < -0.39 is 17.6 Å². The van der Waals surface area contributed by atoms with Gasteiger partial charge in [-0.2, -0.15) is 23.4 Å². The molecule has 5 heterocycles. The Morgan fingerprint density at radius 2 is 1.93 bits per heavy atom. The van der Waals surface area contributed by atoms with Crippen molar-refractivity contribution in [1.82, 2.24) is 30.0 Å². The summed E-state index contributed by atoms with van der Waals surface area (Å²) in [5.74, 6) is 0.639. The first kappa shape index (κ1) is 29.6.